The van der Waals surface area contributed by atoms with E-state index in [2.05, 4.69) is 4.99 Å². The predicted octanol–water partition coefficient (Wildman–Crippen LogP) is 3.20. The minimum atomic E-state index is -3.74. The summed E-state index contributed by atoms with van der Waals surface area (Å²) in [5.41, 5.74) is 0.868. The van der Waals surface area contributed by atoms with Gasteiger partial charge < -0.3 is 18.8 Å². The zero-order valence-corrected chi connectivity index (χ0v) is 23.4. The van der Waals surface area contributed by atoms with Gasteiger partial charge in [-0.2, -0.15) is 9.30 Å². The highest BCUT2D eigenvalue weighted by Gasteiger charge is 2.32. The van der Waals surface area contributed by atoms with Crippen LogP contribution in [0.1, 0.15) is 38.1 Å². The largest absolute Gasteiger partial charge is 0.492 e. The number of hydrogen-bond donors (Lipinski definition) is 0. The Labute approximate surface area is 225 Å². The standard InChI is InChI=1S/C26H31N3O7S2/c1-5-34-21-8-7-9-22-24(21)29(16-23(30)35-6-2)26(37-22)27-25(31)19-10-12-20(13-11-19)38(32,33)28-14-17(3)36-18(4)15-28/h7-13,17-18H,5-6,14-16H2,1-4H3. The molecule has 0 saturated carbocycles. The van der Waals surface area contributed by atoms with Crippen LogP contribution in [0.4, 0.5) is 0 Å². The Balaban J connectivity index is 1.68. The molecule has 3 aromatic rings. The molecule has 2 heterocycles. The van der Waals surface area contributed by atoms with Gasteiger partial charge in [0, 0.05) is 18.7 Å². The Hall–Kier alpha value is -3.06. The maximum atomic E-state index is 13.1. The van der Waals surface area contributed by atoms with Crippen molar-refractivity contribution in [2.24, 2.45) is 4.99 Å². The molecule has 10 nitrogen and oxygen atoms in total. The molecule has 0 radical (unpaired) electrons. The zero-order chi connectivity index (χ0) is 27.4. The van der Waals surface area contributed by atoms with Gasteiger partial charge in [0.15, 0.2) is 4.80 Å². The molecule has 2 unspecified atom stereocenters. The Morgan fingerprint density at radius 1 is 1.05 bits per heavy atom. The van der Waals surface area contributed by atoms with Crippen LogP contribution in [-0.4, -0.2) is 67.7 Å². The monoisotopic (exact) mass is 561 g/mol. The molecule has 4 rings (SSSR count). The highest BCUT2D eigenvalue weighted by atomic mass is 32.2. The van der Waals surface area contributed by atoms with Crippen molar-refractivity contribution < 1.29 is 32.2 Å². The van der Waals surface area contributed by atoms with Crippen LogP contribution in [0.15, 0.2) is 52.4 Å². The molecule has 0 bridgehead atoms. The quantitative estimate of drug-likeness (QED) is 0.388. The van der Waals surface area contributed by atoms with Gasteiger partial charge in [0.05, 0.1) is 35.0 Å². The number of ether oxygens (including phenoxy) is 3. The van der Waals surface area contributed by atoms with Gasteiger partial charge in [-0.25, -0.2) is 8.42 Å². The Morgan fingerprint density at radius 3 is 2.37 bits per heavy atom. The van der Waals surface area contributed by atoms with Gasteiger partial charge >= 0.3 is 5.97 Å². The molecule has 1 aliphatic rings. The lowest BCUT2D eigenvalue weighted by molar-refractivity contribution is -0.143. The molecule has 1 aliphatic heterocycles. The second-order valence-corrected chi connectivity index (χ2v) is 11.8. The number of aromatic nitrogens is 1. The molecule has 1 saturated heterocycles. The molecule has 2 aromatic carbocycles. The number of para-hydroxylation sites is 1. The molecule has 0 aliphatic carbocycles. The molecule has 1 fully saturated rings. The fourth-order valence-electron chi connectivity index (χ4n) is 4.33. The van der Waals surface area contributed by atoms with E-state index in [-0.39, 0.29) is 48.9 Å². The van der Waals surface area contributed by atoms with Crippen LogP contribution >= 0.6 is 11.3 Å². The number of fused-ring (bicyclic) bond motifs is 1. The van der Waals surface area contributed by atoms with Crippen LogP contribution in [0.25, 0.3) is 10.2 Å². The van der Waals surface area contributed by atoms with E-state index in [9.17, 15) is 18.0 Å². The first kappa shape index (κ1) is 28.0. The fourth-order valence-corrected chi connectivity index (χ4v) is 6.97. The Kier molecular flexibility index (Phi) is 8.66. The lowest BCUT2D eigenvalue weighted by Crippen LogP contribution is -2.48. The lowest BCUT2D eigenvalue weighted by Gasteiger charge is -2.34. The minimum absolute atomic E-state index is 0.0935. The SMILES string of the molecule is CCOC(=O)Cn1c(=NC(=O)c2ccc(S(=O)(=O)N3CC(C)OC(C)C3)cc2)sc2cccc(OCC)c21. The maximum Gasteiger partial charge on any atom is 0.326 e. The number of benzene rings is 2. The van der Waals surface area contributed by atoms with Crippen molar-refractivity contribution in [2.75, 3.05) is 26.3 Å². The number of hydrogen-bond acceptors (Lipinski definition) is 8. The minimum Gasteiger partial charge on any atom is -0.492 e. The van der Waals surface area contributed by atoms with Gasteiger partial charge in [0.1, 0.15) is 17.8 Å². The van der Waals surface area contributed by atoms with Gasteiger partial charge in [-0.1, -0.05) is 17.4 Å². The van der Waals surface area contributed by atoms with Crippen LogP contribution in [0.3, 0.4) is 0 Å². The topological polar surface area (TPSA) is 117 Å². The molecule has 0 N–H and O–H groups in total. The van der Waals surface area contributed by atoms with E-state index >= 15 is 0 Å². The molecular weight excluding hydrogens is 530 g/mol. The number of morpholine rings is 1. The summed E-state index contributed by atoms with van der Waals surface area (Å²) in [5, 5.41) is 0. The van der Waals surface area contributed by atoms with Crippen molar-refractivity contribution >= 4 is 43.5 Å². The van der Waals surface area contributed by atoms with E-state index in [1.807, 2.05) is 32.9 Å². The number of esters is 1. The lowest BCUT2D eigenvalue weighted by atomic mass is 10.2. The number of nitrogens with zero attached hydrogens (tertiary/aromatic N) is 3. The van der Waals surface area contributed by atoms with Crippen LogP contribution in [0.5, 0.6) is 5.75 Å². The van der Waals surface area contributed by atoms with E-state index in [1.165, 1.54) is 39.9 Å². The van der Waals surface area contributed by atoms with Crippen molar-refractivity contribution in [1.29, 1.82) is 0 Å². The van der Waals surface area contributed by atoms with Crippen molar-refractivity contribution in [1.82, 2.24) is 8.87 Å². The molecule has 2 atom stereocenters. The van der Waals surface area contributed by atoms with Gasteiger partial charge in [0.2, 0.25) is 10.0 Å². The van der Waals surface area contributed by atoms with Crippen molar-refractivity contribution in [3.63, 3.8) is 0 Å². The van der Waals surface area contributed by atoms with Crippen molar-refractivity contribution in [3.8, 4) is 5.75 Å². The van der Waals surface area contributed by atoms with E-state index in [1.54, 1.807) is 17.6 Å². The third kappa shape index (κ3) is 5.98. The van der Waals surface area contributed by atoms with Crippen molar-refractivity contribution in [2.45, 2.75) is 51.3 Å². The zero-order valence-electron chi connectivity index (χ0n) is 21.7. The van der Waals surface area contributed by atoms with Crippen molar-refractivity contribution in [3.05, 3.63) is 52.8 Å². The van der Waals surface area contributed by atoms with Gasteiger partial charge in [-0.3, -0.25) is 9.59 Å². The summed E-state index contributed by atoms with van der Waals surface area (Å²) in [4.78, 5) is 30.2. The summed E-state index contributed by atoms with van der Waals surface area (Å²) in [6.45, 7) is 8.29. The smallest absolute Gasteiger partial charge is 0.326 e. The molecular formula is C26H31N3O7S2. The highest BCUT2D eigenvalue weighted by Crippen LogP contribution is 2.28. The van der Waals surface area contributed by atoms with Crippen LogP contribution in [0, 0.1) is 0 Å². The summed E-state index contributed by atoms with van der Waals surface area (Å²) < 4.78 is 46.6. The Morgan fingerprint density at radius 2 is 1.74 bits per heavy atom. The van der Waals surface area contributed by atoms with Crippen LogP contribution < -0.4 is 9.54 Å². The first-order chi connectivity index (χ1) is 18.1. The van der Waals surface area contributed by atoms with E-state index < -0.39 is 21.9 Å². The van der Waals surface area contributed by atoms with Gasteiger partial charge in [-0.05, 0) is 64.1 Å². The molecule has 204 valence electrons. The summed E-state index contributed by atoms with van der Waals surface area (Å²) in [5.74, 6) is -0.459. The summed E-state index contributed by atoms with van der Waals surface area (Å²) in [6.07, 6.45) is -0.418. The summed E-state index contributed by atoms with van der Waals surface area (Å²) in [6, 6.07) is 11.2. The van der Waals surface area contributed by atoms with Crippen LogP contribution in [-0.2, 0) is 30.8 Å². The molecule has 38 heavy (non-hydrogen) atoms. The number of rotatable bonds is 8. The number of amides is 1. The third-order valence-electron chi connectivity index (χ3n) is 5.88. The maximum absolute atomic E-state index is 13.1. The highest BCUT2D eigenvalue weighted by molar-refractivity contribution is 7.89. The summed E-state index contributed by atoms with van der Waals surface area (Å²) in [7, 11) is -3.74. The Bertz CT molecular complexity index is 1480. The predicted molar refractivity (Wildman–Crippen MR) is 143 cm³/mol. The fraction of sp³-hybridized carbons (Fsp3) is 0.423. The third-order valence-corrected chi connectivity index (χ3v) is 8.77. The van der Waals surface area contributed by atoms with E-state index in [4.69, 9.17) is 14.2 Å². The van der Waals surface area contributed by atoms with E-state index in [0.717, 1.165) is 4.70 Å². The average molecular weight is 562 g/mol. The number of thiazole rings is 1. The molecule has 1 aromatic heterocycles. The first-order valence-electron chi connectivity index (χ1n) is 12.4. The average Bonchev–Trinajstić information content (AvgIpc) is 3.21. The molecule has 1 amide bonds. The van der Waals surface area contributed by atoms with Gasteiger partial charge in [-0.15, -0.1) is 0 Å². The molecule has 0 spiro atoms. The van der Waals surface area contributed by atoms with E-state index in [0.29, 0.717) is 22.7 Å². The normalized spacial score (nSPS) is 19.0. The second kappa shape index (κ2) is 11.8. The first-order valence-corrected chi connectivity index (χ1v) is 14.6. The van der Waals surface area contributed by atoms with Crippen LogP contribution in [0.2, 0.25) is 0 Å². The summed E-state index contributed by atoms with van der Waals surface area (Å²) >= 11 is 1.25. The van der Waals surface area contributed by atoms with Gasteiger partial charge in [0.25, 0.3) is 5.91 Å². The number of carbonyl (C=O) groups excluding carboxylic acids is 2. The number of sulfonamides is 1. The number of carbonyl (C=O) groups is 2. The second-order valence-electron chi connectivity index (χ2n) is 8.83. The molecule has 12 heteroatoms.